The monoisotopic (exact) mass is 285 g/mol. The molecule has 0 unspecified atom stereocenters. The van der Waals surface area contributed by atoms with E-state index in [4.69, 9.17) is 10.5 Å². The highest BCUT2D eigenvalue weighted by Crippen LogP contribution is 2.36. The van der Waals surface area contributed by atoms with Crippen LogP contribution in [0.1, 0.15) is 5.56 Å². The van der Waals surface area contributed by atoms with Gasteiger partial charge >= 0.3 is 0 Å². The zero-order valence-corrected chi connectivity index (χ0v) is 12.1. The molecule has 4 nitrogen and oxygen atoms in total. The fraction of sp³-hybridized carbons (Fsp3) is 0.133. The molecule has 0 spiro atoms. The van der Waals surface area contributed by atoms with Gasteiger partial charge in [-0.05, 0) is 48.5 Å². The van der Waals surface area contributed by atoms with Gasteiger partial charge in [0.1, 0.15) is 5.75 Å². The Morgan fingerprint density at radius 1 is 1.25 bits per heavy atom. The second kappa shape index (κ2) is 5.09. The van der Waals surface area contributed by atoms with E-state index in [2.05, 4.69) is 29.0 Å². The van der Waals surface area contributed by atoms with Gasteiger partial charge in [0.05, 0.1) is 23.8 Å². The molecule has 20 heavy (non-hydrogen) atoms. The minimum absolute atomic E-state index is 0.636. The van der Waals surface area contributed by atoms with Crippen molar-refractivity contribution in [3.8, 4) is 5.75 Å². The number of ether oxygens (including phenoxy) is 1. The first-order chi connectivity index (χ1) is 9.67. The molecule has 0 aliphatic heterocycles. The fourth-order valence-corrected chi connectivity index (χ4v) is 2.91. The molecular formula is C15H15N3OS. The number of aryl methyl sites for hydroxylation is 1. The highest BCUT2D eigenvalue weighted by Gasteiger charge is 2.10. The van der Waals surface area contributed by atoms with Crippen molar-refractivity contribution < 1.29 is 4.74 Å². The van der Waals surface area contributed by atoms with Gasteiger partial charge in [-0.3, -0.25) is 0 Å². The smallest absolute Gasteiger partial charge is 0.171 e. The van der Waals surface area contributed by atoms with Gasteiger partial charge in [-0.2, -0.15) is 0 Å². The number of nitrogens with one attached hydrogen (secondary N) is 1. The van der Waals surface area contributed by atoms with E-state index in [-0.39, 0.29) is 0 Å². The number of nitrogens with two attached hydrogens (primary N) is 1. The molecule has 0 fully saturated rings. The zero-order valence-electron chi connectivity index (χ0n) is 11.3. The van der Waals surface area contributed by atoms with Crippen molar-refractivity contribution in [1.29, 1.82) is 0 Å². The number of rotatable bonds is 3. The molecular weight excluding hydrogens is 270 g/mol. The summed E-state index contributed by atoms with van der Waals surface area (Å²) < 4.78 is 5.23. The topological polar surface area (TPSA) is 63.9 Å². The van der Waals surface area contributed by atoms with Crippen molar-refractivity contribution in [2.45, 2.75) is 17.0 Å². The van der Waals surface area contributed by atoms with Crippen LogP contribution in [0.2, 0.25) is 0 Å². The number of para-hydroxylation sites is 1. The number of hydrogen-bond donors (Lipinski definition) is 2. The van der Waals surface area contributed by atoms with Crippen LogP contribution in [0.15, 0.2) is 46.5 Å². The average Bonchev–Trinajstić information content (AvgIpc) is 2.82. The molecule has 0 atom stereocenters. The van der Waals surface area contributed by atoms with Crippen molar-refractivity contribution in [1.82, 2.24) is 9.97 Å². The number of benzene rings is 2. The van der Waals surface area contributed by atoms with Gasteiger partial charge in [0.25, 0.3) is 0 Å². The lowest BCUT2D eigenvalue weighted by atomic mass is 10.2. The van der Waals surface area contributed by atoms with Gasteiger partial charge in [-0.1, -0.05) is 12.1 Å². The first-order valence-corrected chi connectivity index (χ1v) is 7.06. The van der Waals surface area contributed by atoms with Crippen molar-refractivity contribution in [2.75, 3.05) is 12.8 Å². The maximum absolute atomic E-state index is 6.07. The number of aromatic nitrogens is 2. The summed E-state index contributed by atoms with van der Waals surface area (Å²) in [4.78, 5) is 8.79. The summed E-state index contributed by atoms with van der Waals surface area (Å²) in [6.07, 6.45) is 0. The standard InChI is InChI=1S/C15H15N3OS/c1-9-6-7-10-11(8-9)18-15(17-10)20-13-5-3-4-12(19-2)14(13)16/h3-8H,16H2,1-2H3,(H,17,18). The Kier molecular flexibility index (Phi) is 3.28. The number of H-pyrrole nitrogens is 1. The molecule has 3 N–H and O–H groups in total. The third-order valence-electron chi connectivity index (χ3n) is 3.07. The maximum Gasteiger partial charge on any atom is 0.171 e. The van der Waals surface area contributed by atoms with Crippen LogP contribution in [0.3, 0.4) is 0 Å². The van der Waals surface area contributed by atoms with Crippen LogP contribution in [0.5, 0.6) is 5.75 Å². The first kappa shape index (κ1) is 12.9. The number of anilines is 1. The number of hydrogen-bond acceptors (Lipinski definition) is 4. The van der Waals surface area contributed by atoms with Gasteiger partial charge in [-0.25, -0.2) is 4.98 Å². The minimum Gasteiger partial charge on any atom is -0.495 e. The molecule has 2 aromatic carbocycles. The van der Waals surface area contributed by atoms with Crippen LogP contribution in [-0.4, -0.2) is 17.1 Å². The lowest BCUT2D eigenvalue weighted by Crippen LogP contribution is -1.94. The van der Waals surface area contributed by atoms with Crippen molar-refractivity contribution in [2.24, 2.45) is 0 Å². The molecule has 0 bridgehead atoms. The lowest BCUT2D eigenvalue weighted by molar-refractivity contribution is 0.416. The second-order valence-electron chi connectivity index (χ2n) is 4.54. The average molecular weight is 285 g/mol. The van der Waals surface area contributed by atoms with E-state index in [1.807, 2.05) is 24.3 Å². The van der Waals surface area contributed by atoms with Crippen LogP contribution in [0.4, 0.5) is 5.69 Å². The van der Waals surface area contributed by atoms with Crippen LogP contribution >= 0.6 is 11.8 Å². The minimum atomic E-state index is 0.636. The number of imidazole rings is 1. The quantitative estimate of drug-likeness (QED) is 0.721. The molecule has 102 valence electrons. The van der Waals surface area contributed by atoms with Crippen molar-refractivity contribution in [3.63, 3.8) is 0 Å². The molecule has 3 aromatic rings. The van der Waals surface area contributed by atoms with Gasteiger partial charge in [0.15, 0.2) is 5.16 Å². The van der Waals surface area contributed by atoms with E-state index in [1.165, 1.54) is 17.3 Å². The normalized spacial score (nSPS) is 10.9. The molecule has 0 aliphatic rings. The Morgan fingerprint density at radius 2 is 2.10 bits per heavy atom. The fourth-order valence-electron chi connectivity index (χ4n) is 2.04. The van der Waals surface area contributed by atoms with Gasteiger partial charge < -0.3 is 15.5 Å². The number of fused-ring (bicyclic) bond motifs is 1. The van der Waals surface area contributed by atoms with Crippen LogP contribution in [0, 0.1) is 6.92 Å². The molecule has 0 saturated carbocycles. The summed E-state index contributed by atoms with van der Waals surface area (Å²) in [5.41, 5.74) is 9.91. The summed E-state index contributed by atoms with van der Waals surface area (Å²) in [5, 5.41) is 0.825. The molecule has 0 aliphatic carbocycles. The highest BCUT2D eigenvalue weighted by molar-refractivity contribution is 7.99. The Morgan fingerprint density at radius 3 is 2.90 bits per heavy atom. The maximum atomic E-state index is 6.07. The van der Waals surface area contributed by atoms with Crippen LogP contribution in [-0.2, 0) is 0 Å². The summed E-state index contributed by atoms with van der Waals surface area (Å²) in [6.45, 7) is 2.06. The SMILES string of the molecule is COc1cccc(Sc2nc3ccc(C)cc3[nH]2)c1N. The summed E-state index contributed by atoms with van der Waals surface area (Å²) in [7, 11) is 1.62. The lowest BCUT2D eigenvalue weighted by Gasteiger charge is -2.07. The molecule has 0 saturated heterocycles. The Labute approximate surface area is 121 Å². The van der Waals surface area contributed by atoms with E-state index in [0.29, 0.717) is 11.4 Å². The number of nitrogen functional groups attached to an aromatic ring is 1. The van der Waals surface area contributed by atoms with E-state index < -0.39 is 0 Å². The number of aromatic amines is 1. The largest absolute Gasteiger partial charge is 0.495 e. The Hall–Kier alpha value is -2.14. The summed E-state index contributed by atoms with van der Waals surface area (Å²) in [6, 6.07) is 11.9. The van der Waals surface area contributed by atoms with E-state index in [9.17, 15) is 0 Å². The predicted octanol–water partition coefficient (Wildman–Crippen LogP) is 3.61. The molecule has 1 heterocycles. The molecule has 1 aromatic heterocycles. The first-order valence-electron chi connectivity index (χ1n) is 6.24. The Bertz CT molecular complexity index is 767. The Balaban J connectivity index is 1.97. The third-order valence-corrected chi connectivity index (χ3v) is 4.03. The van der Waals surface area contributed by atoms with Crippen molar-refractivity contribution >= 4 is 28.5 Å². The molecule has 0 amide bonds. The molecule has 0 radical (unpaired) electrons. The number of methoxy groups -OCH3 is 1. The van der Waals surface area contributed by atoms with Gasteiger partial charge in [0.2, 0.25) is 0 Å². The number of nitrogens with zero attached hydrogens (tertiary/aromatic N) is 1. The van der Waals surface area contributed by atoms with Gasteiger partial charge in [0, 0.05) is 4.90 Å². The zero-order chi connectivity index (χ0) is 14.1. The summed E-state index contributed by atoms with van der Waals surface area (Å²) in [5.74, 6) is 0.682. The van der Waals surface area contributed by atoms with E-state index >= 15 is 0 Å². The van der Waals surface area contributed by atoms with Crippen LogP contribution < -0.4 is 10.5 Å². The highest BCUT2D eigenvalue weighted by atomic mass is 32.2. The van der Waals surface area contributed by atoms with Gasteiger partial charge in [-0.15, -0.1) is 0 Å². The van der Waals surface area contributed by atoms with Crippen molar-refractivity contribution in [3.05, 3.63) is 42.0 Å². The summed E-state index contributed by atoms with van der Waals surface area (Å²) >= 11 is 1.50. The molecule has 3 rings (SSSR count). The second-order valence-corrected chi connectivity index (χ2v) is 5.57. The van der Waals surface area contributed by atoms with Crippen LogP contribution in [0.25, 0.3) is 11.0 Å². The molecule has 5 heteroatoms. The predicted molar refractivity (Wildman–Crippen MR) is 82.4 cm³/mol. The van der Waals surface area contributed by atoms with E-state index in [0.717, 1.165) is 21.1 Å². The third kappa shape index (κ3) is 2.32. The van der Waals surface area contributed by atoms with E-state index in [1.54, 1.807) is 7.11 Å².